The fraction of sp³-hybridized carbons (Fsp3) is 0.400. The van der Waals surface area contributed by atoms with Crippen molar-refractivity contribution in [2.24, 2.45) is 0 Å². The van der Waals surface area contributed by atoms with E-state index in [0.29, 0.717) is 0 Å². The predicted molar refractivity (Wildman–Crippen MR) is 28.1 cm³/mol. The number of nitrogens with zero attached hydrogens (tertiary/aromatic N) is 1. The van der Waals surface area contributed by atoms with Crippen molar-refractivity contribution >= 4 is 0 Å². The third kappa shape index (κ3) is 0.796. The van der Waals surface area contributed by atoms with E-state index in [4.69, 9.17) is 9.60 Å². The fourth-order valence-electron chi connectivity index (χ4n) is 0.286. The number of nitrogens with one attached hydrogen (secondary N) is 1. The summed E-state index contributed by atoms with van der Waals surface area (Å²) in [6, 6.07) is -0.565. The lowest BCUT2D eigenvalue weighted by Crippen LogP contribution is -1.68. The van der Waals surface area contributed by atoms with Crippen LogP contribution in [0.1, 0.15) is 21.0 Å². The van der Waals surface area contributed by atoms with Gasteiger partial charge in [0.05, 0.1) is 7.06 Å². The van der Waals surface area contributed by atoms with Crippen molar-refractivity contribution in [1.29, 1.82) is 0 Å². The Labute approximate surface area is 52.4 Å². The molecule has 0 aliphatic heterocycles. The molecule has 1 N–H and O–H groups in total. The summed E-state index contributed by atoms with van der Waals surface area (Å²) in [6.07, 6.45) is 0. The smallest absolute Gasteiger partial charge is 0.0662 e. The van der Waals surface area contributed by atoms with Gasteiger partial charge in [-0.15, -0.1) is 0 Å². The minimum absolute atomic E-state index is 0.441. The minimum Gasteiger partial charge on any atom is -0.283 e. The highest BCUT2D eigenvalue weighted by Crippen LogP contribution is 1.92. The summed E-state index contributed by atoms with van der Waals surface area (Å²) in [5.74, 6) is 0. The van der Waals surface area contributed by atoms with E-state index in [1.54, 1.807) is 0 Å². The van der Waals surface area contributed by atoms with Gasteiger partial charge in [-0.25, -0.2) is 0 Å². The number of aromatic nitrogens is 2. The SMILES string of the molecule is [2H]c1c(C([2H])([2H])[2H])n[nH]c1C([2H])([2H])[2H]. The summed E-state index contributed by atoms with van der Waals surface area (Å²) in [5, 5.41) is 5.38. The molecule has 1 rings (SSSR count). The van der Waals surface area contributed by atoms with E-state index in [9.17, 15) is 0 Å². The lowest BCUT2D eigenvalue weighted by Gasteiger charge is -1.68. The Morgan fingerprint density at radius 2 is 3.00 bits per heavy atom. The lowest BCUT2D eigenvalue weighted by molar-refractivity contribution is 1.02. The highest BCUT2D eigenvalue weighted by atomic mass is 15.1. The Balaban J connectivity index is 3.23. The molecule has 0 aromatic carbocycles. The quantitative estimate of drug-likeness (QED) is 0.522. The summed E-state index contributed by atoms with van der Waals surface area (Å²) in [5.41, 5.74) is -0.952. The van der Waals surface area contributed by atoms with Gasteiger partial charge < -0.3 is 0 Å². The highest BCUT2D eigenvalue weighted by molar-refractivity contribution is 5.03. The van der Waals surface area contributed by atoms with Gasteiger partial charge in [-0.2, -0.15) is 5.10 Å². The van der Waals surface area contributed by atoms with Crippen LogP contribution in [0.25, 0.3) is 0 Å². The van der Waals surface area contributed by atoms with Gasteiger partial charge in [-0.1, -0.05) is 0 Å². The average Bonchev–Trinajstić information content (AvgIpc) is 2.26. The summed E-state index contributed by atoms with van der Waals surface area (Å²) in [7, 11) is 0. The molecule has 0 saturated heterocycles. The molecule has 0 spiro atoms. The van der Waals surface area contributed by atoms with Crippen LogP contribution in [-0.4, -0.2) is 10.2 Å². The van der Waals surface area contributed by atoms with Gasteiger partial charge in [0.2, 0.25) is 0 Å². The van der Waals surface area contributed by atoms with Gasteiger partial charge in [-0.3, -0.25) is 5.10 Å². The van der Waals surface area contributed by atoms with Crippen LogP contribution in [0.2, 0.25) is 0 Å². The van der Waals surface area contributed by atoms with Gasteiger partial charge in [0, 0.05) is 13.9 Å². The Morgan fingerprint density at radius 3 is 3.43 bits per heavy atom. The molecule has 2 heteroatoms. The van der Waals surface area contributed by atoms with Crippen LogP contribution in [0.3, 0.4) is 0 Å². The molecule has 2 nitrogen and oxygen atoms in total. The van der Waals surface area contributed by atoms with E-state index >= 15 is 0 Å². The van der Waals surface area contributed by atoms with Crippen molar-refractivity contribution in [1.82, 2.24) is 10.2 Å². The normalized spacial score (nSPS) is 27.7. The van der Waals surface area contributed by atoms with Crippen molar-refractivity contribution in [3.05, 3.63) is 17.4 Å². The molecule has 0 atom stereocenters. The largest absolute Gasteiger partial charge is 0.283 e. The van der Waals surface area contributed by atoms with Crippen LogP contribution in [-0.2, 0) is 0 Å². The van der Waals surface area contributed by atoms with Crippen LogP contribution in [0.5, 0.6) is 0 Å². The molecule has 38 valence electrons. The van der Waals surface area contributed by atoms with E-state index in [1.807, 2.05) is 0 Å². The second-order valence-corrected chi connectivity index (χ2v) is 1.07. The van der Waals surface area contributed by atoms with Crippen molar-refractivity contribution in [2.75, 3.05) is 0 Å². The van der Waals surface area contributed by atoms with Crippen molar-refractivity contribution in [2.45, 2.75) is 13.7 Å². The molecule has 0 unspecified atom stereocenters. The molecular formula is C5H8N2. The molecule has 1 heterocycles. The first kappa shape index (κ1) is 0.966. The maximum atomic E-state index is 7.32. The second kappa shape index (κ2) is 1.37. The van der Waals surface area contributed by atoms with E-state index < -0.39 is 31.1 Å². The number of hydrogen-bond acceptors (Lipinski definition) is 1. The molecule has 1 aromatic rings. The number of hydrogen-bond donors (Lipinski definition) is 1. The van der Waals surface area contributed by atoms with Crippen molar-refractivity contribution in [3.8, 4) is 0 Å². The molecule has 0 saturated carbocycles. The number of aromatic amines is 1. The Hall–Kier alpha value is -0.790. The maximum Gasteiger partial charge on any atom is 0.0662 e. The zero-order valence-electron chi connectivity index (χ0n) is 10.4. The first-order chi connectivity index (χ1) is 6.14. The molecule has 0 aliphatic carbocycles. The second-order valence-electron chi connectivity index (χ2n) is 1.07. The number of H-pyrrole nitrogens is 1. The Kier molecular flexibility index (Phi) is 0.189. The Bertz CT molecular complexity index is 301. The monoisotopic (exact) mass is 103 g/mol. The van der Waals surface area contributed by atoms with Gasteiger partial charge >= 0.3 is 0 Å². The van der Waals surface area contributed by atoms with Crippen LogP contribution in [0.15, 0.2) is 6.04 Å². The number of rotatable bonds is 0. The van der Waals surface area contributed by atoms with E-state index in [2.05, 4.69) is 10.2 Å². The zero-order valence-corrected chi connectivity index (χ0v) is 3.45. The molecule has 1 aromatic heterocycles. The van der Waals surface area contributed by atoms with Crippen LogP contribution in [0.4, 0.5) is 0 Å². The number of aryl methyl sites for hydroxylation is 2. The molecular weight excluding hydrogens is 88.1 g/mol. The molecule has 7 heavy (non-hydrogen) atoms. The van der Waals surface area contributed by atoms with Crippen molar-refractivity contribution < 1.29 is 9.60 Å². The zero-order chi connectivity index (χ0) is 11.1. The summed E-state index contributed by atoms with van der Waals surface area (Å²) in [4.78, 5) is 0. The van der Waals surface area contributed by atoms with Gasteiger partial charge in [0.1, 0.15) is 0 Å². The van der Waals surface area contributed by atoms with Crippen LogP contribution < -0.4 is 0 Å². The summed E-state index contributed by atoms with van der Waals surface area (Å²) in [6.45, 7) is -5.09. The summed E-state index contributed by atoms with van der Waals surface area (Å²) >= 11 is 0. The predicted octanol–water partition coefficient (Wildman–Crippen LogP) is 1.03. The summed E-state index contributed by atoms with van der Waals surface area (Å²) < 4.78 is 49.2. The van der Waals surface area contributed by atoms with Crippen LogP contribution in [0, 0.1) is 13.7 Å². The first-order valence-electron chi connectivity index (χ1n) is 5.20. The Morgan fingerprint density at radius 1 is 2.00 bits per heavy atom. The third-order valence-electron chi connectivity index (χ3n) is 0.523. The lowest BCUT2D eigenvalue weighted by atomic mass is 10.4. The van der Waals surface area contributed by atoms with Gasteiger partial charge in [0.15, 0.2) is 0 Å². The van der Waals surface area contributed by atoms with Gasteiger partial charge in [0.25, 0.3) is 0 Å². The van der Waals surface area contributed by atoms with E-state index in [1.165, 1.54) is 0 Å². The van der Waals surface area contributed by atoms with Crippen LogP contribution >= 0.6 is 0 Å². The molecule has 0 fully saturated rings. The molecule has 0 aliphatic rings. The standard InChI is InChI=1S/C5H8N2/c1-4-3-5(2)7-6-4/h3H,1-2H3,(H,6,7)/i1D3,2D3,3D. The third-order valence-corrected chi connectivity index (χ3v) is 0.523. The van der Waals surface area contributed by atoms with Crippen molar-refractivity contribution in [3.63, 3.8) is 0 Å². The van der Waals surface area contributed by atoms with Gasteiger partial charge in [-0.05, 0) is 19.7 Å². The maximum absolute atomic E-state index is 7.32. The highest BCUT2D eigenvalue weighted by Gasteiger charge is 1.84. The van der Waals surface area contributed by atoms with E-state index in [-0.39, 0.29) is 0 Å². The first-order valence-corrected chi connectivity index (χ1v) is 1.70. The van der Waals surface area contributed by atoms with E-state index in [0.717, 1.165) is 0 Å². The topological polar surface area (TPSA) is 28.7 Å². The fourth-order valence-corrected chi connectivity index (χ4v) is 0.286. The average molecular weight is 103 g/mol. The molecule has 0 amide bonds. The molecule has 0 radical (unpaired) electrons. The molecule has 0 bridgehead atoms. The minimum atomic E-state index is -2.56.